The highest BCUT2D eigenvalue weighted by molar-refractivity contribution is 5.94. The number of hydrogen-bond donors (Lipinski definition) is 2. The monoisotopic (exact) mass is 498 g/mol. The van der Waals surface area contributed by atoms with Gasteiger partial charge in [-0.05, 0) is 37.5 Å². The summed E-state index contributed by atoms with van der Waals surface area (Å²) in [5.41, 5.74) is 0.502. The Bertz CT molecular complexity index is 1200. The largest absolute Gasteiger partial charge is 0.417 e. The topological polar surface area (TPSA) is 76.0 Å². The minimum Gasteiger partial charge on any atom is -0.352 e. The van der Waals surface area contributed by atoms with Gasteiger partial charge in [0.15, 0.2) is 5.69 Å². The van der Waals surface area contributed by atoms with Gasteiger partial charge in [0.2, 0.25) is 5.91 Å². The van der Waals surface area contributed by atoms with Gasteiger partial charge < -0.3 is 10.6 Å². The maximum atomic E-state index is 13.7. The summed E-state index contributed by atoms with van der Waals surface area (Å²) in [5.74, 6) is -0.747. The van der Waals surface area contributed by atoms with Gasteiger partial charge in [0.05, 0.1) is 17.3 Å². The van der Waals surface area contributed by atoms with Crippen LogP contribution in [0.3, 0.4) is 0 Å². The third-order valence-electron chi connectivity index (χ3n) is 6.35. The van der Waals surface area contributed by atoms with E-state index in [1.165, 1.54) is 18.2 Å². The van der Waals surface area contributed by atoms with Crippen molar-refractivity contribution in [2.45, 2.75) is 63.8 Å². The molecule has 0 spiro atoms. The molecule has 1 aromatic heterocycles. The molecule has 1 heterocycles. The van der Waals surface area contributed by atoms with E-state index < -0.39 is 23.7 Å². The zero-order chi connectivity index (χ0) is 25.7. The second kappa shape index (κ2) is 11.0. The van der Waals surface area contributed by atoms with Crippen LogP contribution in [0.25, 0.3) is 11.3 Å². The number of carbonyl (C=O) groups is 2. The molecule has 0 bridgehead atoms. The molecular formula is C27H29F3N4O2. The quantitative estimate of drug-likeness (QED) is 0.430. The van der Waals surface area contributed by atoms with Gasteiger partial charge in [0.25, 0.3) is 5.91 Å². The summed E-state index contributed by atoms with van der Waals surface area (Å²) in [6.07, 6.45) is -0.968. The fourth-order valence-corrected chi connectivity index (χ4v) is 4.58. The van der Waals surface area contributed by atoms with E-state index in [1.54, 1.807) is 17.7 Å². The van der Waals surface area contributed by atoms with Crippen molar-refractivity contribution in [1.29, 1.82) is 0 Å². The van der Waals surface area contributed by atoms with Crippen molar-refractivity contribution in [3.05, 3.63) is 77.5 Å². The van der Waals surface area contributed by atoms with Crippen LogP contribution < -0.4 is 10.6 Å². The molecule has 4 rings (SSSR count). The molecular weight excluding hydrogens is 469 g/mol. The fourth-order valence-electron chi connectivity index (χ4n) is 4.58. The van der Waals surface area contributed by atoms with Crippen molar-refractivity contribution < 1.29 is 22.8 Å². The Morgan fingerprint density at radius 2 is 1.72 bits per heavy atom. The van der Waals surface area contributed by atoms with Gasteiger partial charge in [-0.3, -0.25) is 14.3 Å². The van der Waals surface area contributed by atoms with Crippen LogP contribution in [0, 0.1) is 0 Å². The van der Waals surface area contributed by atoms with Crippen molar-refractivity contribution in [3.8, 4) is 11.3 Å². The predicted molar refractivity (Wildman–Crippen MR) is 130 cm³/mol. The van der Waals surface area contributed by atoms with E-state index >= 15 is 0 Å². The number of hydrogen-bond acceptors (Lipinski definition) is 3. The number of rotatable bonds is 8. The molecule has 2 N–H and O–H groups in total. The molecule has 1 aliphatic rings. The van der Waals surface area contributed by atoms with Gasteiger partial charge in [-0.2, -0.15) is 18.3 Å². The fraction of sp³-hybridized carbons (Fsp3) is 0.370. The SMILES string of the molecule is C[C@@H](CC(=O)NCc1ccccc1)NC(=O)c1cc(-c2ccccc2C(F)(F)F)n(C2CCCC2)n1. The molecule has 0 saturated heterocycles. The van der Waals surface area contributed by atoms with Gasteiger partial charge >= 0.3 is 6.18 Å². The number of nitrogens with zero attached hydrogens (tertiary/aromatic N) is 2. The number of amides is 2. The highest BCUT2D eigenvalue weighted by Crippen LogP contribution is 2.40. The van der Waals surface area contributed by atoms with Crippen molar-refractivity contribution in [3.63, 3.8) is 0 Å². The number of halogens is 3. The smallest absolute Gasteiger partial charge is 0.352 e. The normalized spacial score (nSPS) is 15.0. The summed E-state index contributed by atoms with van der Waals surface area (Å²) in [5, 5.41) is 10.0. The van der Waals surface area contributed by atoms with E-state index in [9.17, 15) is 22.8 Å². The highest BCUT2D eigenvalue weighted by atomic mass is 19.4. The molecule has 1 aliphatic carbocycles. The number of alkyl halides is 3. The molecule has 0 unspecified atom stereocenters. The molecule has 0 radical (unpaired) electrons. The second-order valence-electron chi connectivity index (χ2n) is 9.18. The van der Waals surface area contributed by atoms with Crippen LogP contribution in [0.15, 0.2) is 60.7 Å². The van der Waals surface area contributed by atoms with E-state index in [1.807, 2.05) is 30.3 Å². The standard InChI is InChI=1S/C27H29F3N4O2/c1-18(15-25(35)31-17-19-9-3-2-4-10-19)32-26(36)23-16-24(34(33-23)20-11-5-6-12-20)21-13-7-8-14-22(21)27(28,29)30/h2-4,7-10,13-14,16,18,20H,5-6,11-12,15,17H2,1H3,(H,31,35)(H,32,36)/t18-/m0/s1. The van der Waals surface area contributed by atoms with Crippen molar-refractivity contribution in [1.82, 2.24) is 20.4 Å². The van der Waals surface area contributed by atoms with Crippen LogP contribution in [0.4, 0.5) is 13.2 Å². The van der Waals surface area contributed by atoms with E-state index in [2.05, 4.69) is 15.7 Å². The maximum Gasteiger partial charge on any atom is 0.417 e. The maximum absolute atomic E-state index is 13.7. The Kier molecular flexibility index (Phi) is 7.76. The summed E-state index contributed by atoms with van der Waals surface area (Å²) in [7, 11) is 0. The summed E-state index contributed by atoms with van der Waals surface area (Å²) in [6.45, 7) is 2.09. The zero-order valence-corrected chi connectivity index (χ0v) is 20.0. The molecule has 3 aromatic rings. The van der Waals surface area contributed by atoms with Crippen LogP contribution >= 0.6 is 0 Å². The minimum atomic E-state index is -4.54. The van der Waals surface area contributed by atoms with E-state index in [-0.39, 0.29) is 35.3 Å². The molecule has 6 nitrogen and oxygen atoms in total. The van der Waals surface area contributed by atoms with Crippen LogP contribution in [-0.2, 0) is 17.5 Å². The lowest BCUT2D eigenvalue weighted by atomic mass is 10.0. The minimum absolute atomic E-state index is 0.00297. The van der Waals surface area contributed by atoms with Gasteiger partial charge in [0, 0.05) is 24.6 Å². The average molecular weight is 499 g/mol. The lowest BCUT2D eigenvalue weighted by Gasteiger charge is -2.17. The van der Waals surface area contributed by atoms with E-state index in [0.29, 0.717) is 6.54 Å². The number of aromatic nitrogens is 2. The van der Waals surface area contributed by atoms with Gasteiger partial charge in [-0.1, -0.05) is 61.4 Å². The molecule has 9 heteroatoms. The van der Waals surface area contributed by atoms with Gasteiger partial charge in [-0.25, -0.2) is 0 Å². The highest BCUT2D eigenvalue weighted by Gasteiger charge is 2.35. The number of benzene rings is 2. The van der Waals surface area contributed by atoms with Crippen LogP contribution in [0.1, 0.15) is 66.7 Å². The van der Waals surface area contributed by atoms with Gasteiger partial charge in [0.1, 0.15) is 0 Å². The summed E-state index contributed by atoms with van der Waals surface area (Å²) in [6, 6.07) is 15.7. The summed E-state index contributed by atoms with van der Waals surface area (Å²) >= 11 is 0. The molecule has 2 amide bonds. The van der Waals surface area contributed by atoms with Crippen LogP contribution in [0.2, 0.25) is 0 Å². The molecule has 36 heavy (non-hydrogen) atoms. The lowest BCUT2D eigenvalue weighted by Crippen LogP contribution is -2.37. The van der Waals surface area contributed by atoms with E-state index in [0.717, 1.165) is 37.3 Å². The Labute approximate surface area is 207 Å². The first-order valence-corrected chi connectivity index (χ1v) is 12.1. The summed E-state index contributed by atoms with van der Waals surface area (Å²) in [4.78, 5) is 25.3. The third kappa shape index (κ3) is 6.13. The number of nitrogens with one attached hydrogen (secondary N) is 2. The Morgan fingerprint density at radius 3 is 2.42 bits per heavy atom. The first-order chi connectivity index (χ1) is 17.2. The molecule has 2 aromatic carbocycles. The number of carbonyl (C=O) groups excluding carboxylic acids is 2. The van der Waals surface area contributed by atoms with E-state index in [4.69, 9.17) is 0 Å². The van der Waals surface area contributed by atoms with Crippen molar-refractivity contribution in [2.24, 2.45) is 0 Å². The van der Waals surface area contributed by atoms with Gasteiger partial charge in [-0.15, -0.1) is 0 Å². The predicted octanol–water partition coefficient (Wildman–Crippen LogP) is 5.51. The zero-order valence-electron chi connectivity index (χ0n) is 20.0. The first-order valence-electron chi connectivity index (χ1n) is 12.1. The van der Waals surface area contributed by atoms with Crippen LogP contribution in [0.5, 0.6) is 0 Å². The second-order valence-corrected chi connectivity index (χ2v) is 9.18. The Morgan fingerprint density at radius 1 is 1.06 bits per heavy atom. The molecule has 1 saturated carbocycles. The molecule has 1 fully saturated rings. The molecule has 190 valence electrons. The first kappa shape index (κ1) is 25.5. The Hall–Kier alpha value is -3.62. The van der Waals surface area contributed by atoms with Crippen molar-refractivity contribution in [2.75, 3.05) is 0 Å². The van der Waals surface area contributed by atoms with Crippen LogP contribution in [-0.4, -0.2) is 27.6 Å². The Balaban J connectivity index is 1.49. The average Bonchev–Trinajstić information content (AvgIpc) is 3.53. The van der Waals surface area contributed by atoms with Crippen molar-refractivity contribution >= 4 is 11.8 Å². The summed E-state index contributed by atoms with van der Waals surface area (Å²) < 4.78 is 42.8. The molecule has 0 aliphatic heterocycles. The third-order valence-corrected chi connectivity index (χ3v) is 6.35. The molecule has 1 atom stereocenters. The lowest BCUT2D eigenvalue weighted by molar-refractivity contribution is -0.137.